The normalized spacial score (nSPS) is 20.9. The van der Waals surface area contributed by atoms with Gasteiger partial charge in [-0.1, -0.05) is 0 Å². The van der Waals surface area contributed by atoms with Crippen LogP contribution < -0.4 is 10.6 Å². The van der Waals surface area contributed by atoms with E-state index in [4.69, 9.17) is 0 Å². The van der Waals surface area contributed by atoms with Crippen molar-refractivity contribution >= 4 is 36.0 Å². The van der Waals surface area contributed by atoms with Gasteiger partial charge in [0.1, 0.15) is 6.04 Å². The molecule has 1 amide bonds. The fourth-order valence-electron chi connectivity index (χ4n) is 1.51. The molecule has 1 saturated heterocycles. The van der Waals surface area contributed by atoms with Crippen molar-refractivity contribution in [3.05, 3.63) is 0 Å². The molecule has 0 bridgehead atoms. The predicted molar refractivity (Wildman–Crippen MR) is 70.6 cm³/mol. The van der Waals surface area contributed by atoms with Gasteiger partial charge in [-0.05, 0) is 6.92 Å². The average Bonchev–Trinajstić information content (AvgIpc) is 2.29. The number of hydrogen-bond donors (Lipinski definition) is 2. The quantitative estimate of drug-likeness (QED) is 0.720. The molecule has 1 aliphatic rings. The highest BCUT2D eigenvalue weighted by atomic mass is 35.5. The van der Waals surface area contributed by atoms with E-state index >= 15 is 0 Å². The molecule has 0 saturated carbocycles. The lowest BCUT2D eigenvalue weighted by Gasteiger charge is -2.23. The highest BCUT2D eigenvalue weighted by molar-refractivity contribution is 7.99. The summed E-state index contributed by atoms with van der Waals surface area (Å²) in [7, 11) is 1.31. The molecule has 100 valence electrons. The first-order valence-corrected chi connectivity index (χ1v) is 6.47. The van der Waals surface area contributed by atoms with E-state index < -0.39 is 12.0 Å². The van der Waals surface area contributed by atoms with Gasteiger partial charge in [0.2, 0.25) is 5.91 Å². The molecular weight excluding hydrogens is 264 g/mol. The Bertz CT molecular complexity index is 260. The van der Waals surface area contributed by atoms with Crippen molar-refractivity contribution in [2.75, 3.05) is 25.2 Å². The van der Waals surface area contributed by atoms with Crippen molar-refractivity contribution in [2.45, 2.75) is 25.4 Å². The van der Waals surface area contributed by atoms with E-state index in [0.717, 1.165) is 18.1 Å². The second kappa shape index (κ2) is 8.60. The number of ether oxygens (including phenoxy) is 1. The van der Waals surface area contributed by atoms with Crippen LogP contribution in [0.1, 0.15) is 13.3 Å². The van der Waals surface area contributed by atoms with E-state index in [0.29, 0.717) is 6.42 Å². The summed E-state index contributed by atoms with van der Waals surface area (Å²) in [4.78, 5) is 22.7. The number of thioether (sulfide) groups is 1. The van der Waals surface area contributed by atoms with Crippen molar-refractivity contribution in [3.63, 3.8) is 0 Å². The molecule has 0 radical (unpaired) electrons. The van der Waals surface area contributed by atoms with E-state index in [2.05, 4.69) is 15.4 Å². The second-order valence-corrected chi connectivity index (χ2v) is 4.89. The zero-order valence-corrected chi connectivity index (χ0v) is 11.7. The molecule has 1 aliphatic heterocycles. The fourth-order valence-corrected chi connectivity index (χ4v) is 2.46. The third kappa shape index (κ3) is 6.14. The lowest BCUT2D eigenvalue weighted by Crippen LogP contribution is -2.45. The molecule has 7 heteroatoms. The summed E-state index contributed by atoms with van der Waals surface area (Å²) in [6.45, 7) is 2.56. The summed E-state index contributed by atoms with van der Waals surface area (Å²) in [6, 6.07) is -0.364. The first kappa shape index (κ1) is 16.5. The number of amides is 1. The van der Waals surface area contributed by atoms with Gasteiger partial charge < -0.3 is 15.4 Å². The lowest BCUT2D eigenvalue weighted by atomic mass is 10.2. The van der Waals surface area contributed by atoms with Crippen molar-refractivity contribution in [3.8, 4) is 0 Å². The zero-order chi connectivity index (χ0) is 12.0. The SMILES string of the molecule is COC(=O)C(C)NC(=O)CC1CSCCN1.Cl. The number of methoxy groups -OCH3 is 1. The molecule has 0 aromatic carbocycles. The van der Waals surface area contributed by atoms with Crippen LogP contribution in [-0.4, -0.2) is 49.1 Å². The Hall–Kier alpha value is -0.460. The molecule has 0 aromatic heterocycles. The van der Waals surface area contributed by atoms with E-state index in [1.807, 2.05) is 11.8 Å². The molecule has 17 heavy (non-hydrogen) atoms. The van der Waals surface area contributed by atoms with Crippen LogP contribution in [0.25, 0.3) is 0 Å². The van der Waals surface area contributed by atoms with Crippen LogP contribution in [0.3, 0.4) is 0 Å². The van der Waals surface area contributed by atoms with Crippen LogP contribution >= 0.6 is 24.2 Å². The predicted octanol–water partition coefficient (Wildman–Crippen LogP) is 0.181. The van der Waals surface area contributed by atoms with Crippen LogP contribution in [0.5, 0.6) is 0 Å². The van der Waals surface area contributed by atoms with E-state index in [1.165, 1.54) is 7.11 Å². The summed E-state index contributed by atoms with van der Waals surface area (Å²) < 4.78 is 4.53. The Kier molecular flexibility index (Phi) is 8.37. The van der Waals surface area contributed by atoms with Gasteiger partial charge in [-0.25, -0.2) is 4.79 Å². The van der Waals surface area contributed by atoms with E-state index in [1.54, 1.807) is 6.92 Å². The Morgan fingerprint density at radius 3 is 2.82 bits per heavy atom. The lowest BCUT2D eigenvalue weighted by molar-refractivity contribution is -0.144. The minimum Gasteiger partial charge on any atom is -0.467 e. The molecule has 1 rings (SSSR count). The number of carbonyl (C=O) groups is 2. The summed E-state index contributed by atoms with van der Waals surface area (Å²) in [5.41, 5.74) is 0. The molecule has 2 unspecified atom stereocenters. The van der Waals surface area contributed by atoms with Crippen LogP contribution in [-0.2, 0) is 14.3 Å². The number of rotatable bonds is 4. The van der Waals surface area contributed by atoms with Gasteiger partial charge in [0.25, 0.3) is 0 Å². The number of esters is 1. The minimum atomic E-state index is -0.575. The van der Waals surface area contributed by atoms with Gasteiger partial charge in [0.05, 0.1) is 7.11 Å². The molecule has 1 fully saturated rings. The Morgan fingerprint density at radius 1 is 1.59 bits per heavy atom. The molecule has 2 N–H and O–H groups in total. The number of hydrogen-bond acceptors (Lipinski definition) is 5. The van der Waals surface area contributed by atoms with E-state index in [-0.39, 0.29) is 24.4 Å². The Balaban J connectivity index is 0.00000256. The van der Waals surface area contributed by atoms with Crippen LogP contribution in [0.4, 0.5) is 0 Å². The zero-order valence-electron chi connectivity index (χ0n) is 10.0. The maximum atomic E-state index is 11.6. The number of halogens is 1. The Labute approximate surface area is 112 Å². The van der Waals surface area contributed by atoms with Crippen molar-refractivity contribution in [1.82, 2.24) is 10.6 Å². The highest BCUT2D eigenvalue weighted by Crippen LogP contribution is 2.10. The van der Waals surface area contributed by atoms with Gasteiger partial charge >= 0.3 is 5.97 Å². The third-order valence-corrected chi connectivity index (χ3v) is 3.49. The molecule has 0 aromatic rings. The van der Waals surface area contributed by atoms with Crippen LogP contribution in [0, 0.1) is 0 Å². The first-order chi connectivity index (χ1) is 7.63. The van der Waals surface area contributed by atoms with Crippen LogP contribution in [0.2, 0.25) is 0 Å². The second-order valence-electron chi connectivity index (χ2n) is 3.74. The monoisotopic (exact) mass is 282 g/mol. The summed E-state index contributed by atoms with van der Waals surface area (Å²) in [6.07, 6.45) is 0.411. The van der Waals surface area contributed by atoms with Crippen LogP contribution in [0.15, 0.2) is 0 Å². The summed E-state index contributed by atoms with van der Waals surface area (Å²) in [5.74, 6) is 1.51. The standard InChI is InChI=1S/C10H18N2O3S.ClH/c1-7(10(14)15-2)12-9(13)5-8-6-16-4-3-11-8;/h7-8,11H,3-6H2,1-2H3,(H,12,13);1H. The molecule has 2 atom stereocenters. The largest absolute Gasteiger partial charge is 0.467 e. The first-order valence-electron chi connectivity index (χ1n) is 5.31. The maximum Gasteiger partial charge on any atom is 0.328 e. The molecule has 5 nitrogen and oxygen atoms in total. The van der Waals surface area contributed by atoms with Gasteiger partial charge in [0, 0.05) is 30.5 Å². The Morgan fingerprint density at radius 2 is 2.29 bits per heavy atom. The number of carbonyl (C=O) groups excluding carboxylic acids is 2. The smallest absolute Gasteiger partial charge is 0.328 e. The van der Waals surface area contributed by atoms with Gasteiger partial charge in [-0.3, -0.25) is 4.79 Å². The van der Waals surface area contributed by atoms with Gasteiger partial charge in [0.15, 0.2) is 0 Å². The van der Waals surface area contributed by atoms with Crippen molar-refractivity contribution < 1.29 is 14.3 Å². The molecule has 1 heterocycles. The molecule has 0 spiro atoms. The highest BCUT2D eigenvalue weighted by Gasteiger charge is 2.20. The number of nitrogens with one attached hydrogen (secondary N) is 2. The molecular formula is C10H19ClN2O3S. The van der Waals surface area contributed by atoms with E-state index in [9.17, 15) is 9.59 Å². The van der Waals surface area contributed by atoms with Gasteiger partial charge in [-0.2, -0.15) is 11.8 Å². The summed E-state index contributed by atoms with van der Waals surface area (Å²) >= 11 is 1.84. The van der Waals surface area contributed by atoms with Crippen molar-refractivity contribution in [1.29, 1.82) is 0 Å². The van der Waals surface area contributed by atoms with Gasteiger partial charge in [-0.15, -0.1) is 12.4 Å². The minimum absolute atomic E-state index is 0. The third-order valence-electron chi connectivity index (χ3n) is 2.36. The average molecular weight is 283 g/mol. The summed E-state index contributed by atoms with van der Waals surface area (Å²) in [5, 5.41) is 5.88. The molecule has 0 aliphatic carbocycles. The maximum absolute atomic E-state index is 11.6. The topological polar surface area (TPSA) is 67.4 Å². The fraction of sp³-hybridized carbons (Fsp3) is 0.800. The van der Waals surface area contributed by atoms with Crippen molar-refractivity contribution in [2.24, 2.45) is 0 Å².